The van der Waals surface area contributed by atoms with Crippen LogP contribution in [0.25, 0.3) is 0 Å². The van der Waals surface area contributed by atoms with Crippen LogP contribution in [0.4, 0.5) is 11.6 Å². The summed E-state index contributed by atoms with van der Waals surface area (Å²) in [4.78, 5) is 21.0. The zero-order chi connectivity index (χ0) is 17.9. The smallest absolute Gasteiger partial charge is 0.274 e. The van der Waals surface area contributed by atoms with Gasteiger partial charge in [0.05, 0.1) is 0 Å². The van der Waals surface area contributed by atoms with Crippen LogP contribution in [0.5, 0.6) is 0 Å². The van der Waals surface area contributed by atoms with E-state index in [1.807, 2.05) is 24.3 Å². The fourth-order valence-corrected chi connectivity index (χ4v) is 3.06. The number of benzene rings is 1. The number of carbonyl (C=O) groups is 1. The topological polar surface area (TPSA) is 66.9 Å². The summed E-state index contributed by atoms with van der Waals surface area (Å²) < 4.78 is 0. The molecule has 1 aromatic carbocycles. The molecule has 1 saturated carbocycles. The maximum absolute atomic E-state index is 12.5. The fraction of sp³-hybridized carbons (Fsp3) is 0.450. The van der Waals surface area contributed by atoms with Gasteiger partial charge in [-0.3, -0.25) is 4.79 Å². The van der Waals surface area contributed by atoms with Crippen molar-refractivity contribution in [3.63, 3.8) is 0 Å². The van der Waals surface area contributed by atoms with Gasteiger partial charge in [-0.2, -0.15) is 0 Å². The van der Waals surface area contributed by atoms with Gasteiger partial charge in [0.15, 0.2) is 0 Å². The molecule has 1 heterocycles. The van der Waals surface area contributed by atoms with Crippen molar-refractivity contribution in [1.29, 1.82) is 0 Å². The first kappa shape index (κ1) is 17.4. The van der Waals surface area contributed by atoms with Crippen LogP contribution in [-0.4, -0.2) is 21.9 Å². The quantitative estimate of drug-likeness (QED) is 0.868. The van der Waals surface area contributed by atoms with Crippen molar-refractivity contribution >= 4 is 17.5 Å². The molecule has 0 unspecified atom stereocenters. The summed E-state index contributed by atoms with van der Waals surface area (Å²) in [5, 5.41) is 6.22. The van der Waals surface area contributed by atoms with Gasteiger partial charge in [0.1, 0.15) is 5.69 Å². The molecule has 25 heavy (non-hydrogen) atoms. The molecule has 1 aliphatic rings. The second-order valence-electron chi connectivity index (χ2n) is 7.67. The van der Waals surface area contributed by atoms with Crippen LogP contribution in [-0.2, 0) is 5.41 Å². The summed E-state index contributed by atoms with van der Waals surface area (Å²) in [6, 6.07) is 10.0. The molecule has 3 rings (SSSR count). The summed E-state index contributed by atoms with van der Waals surface area (Å²) >= 11 is 0. The minimum Gasteiger partial charge on any atom is -0.351 e. The number of aromatic nitrogens is 2. The third-order valence-electron chi connectivity index (χ3n) is 4.59. The van der Waals surface area contributed by atoms with Crippen molar-refractivity contribution < 1.29 is 4.79 Å². The first-order valence-electron chi connectivity index (χ1n) is 8.93. The van der Waals surface area contributed by atoms with Crippen LogP contribution in [0.1, 0.15) is 62.5 Å². The summed E-state index contributed by atoms with van der Waals surface area (Å²) in [6.07, 6.45) is 6.38. The van der Waals surface area contributed by atoms with Crippen molar-refractivity contribution in [2.75, 3.05) is 10.6 Å². The Labute approximate surface area is 149 Å². The Balaban J connectivity index is 1.66. The maximum atomic E-state index is 12.5. The number of rotatable bonds is 4. The van der Waals surface area contributed by atoms with Crippen molar-refractivity contribution in [1.82, 2.24) is 9.97 Å². The van der Waals surface area contributed by atoms with E-state index >= 15 is 0 Å². The zero-order valence-corrected chi connectivity index (χ0v) is 15.2. The van der Waals surface area contributed by atoms with E-state index in [0.717, 1.165) is 18.5 Å². The Bertz CT molecular complexity index is 728. The largest absolute Gasteiger partial charge is 0.351 e. The van der Waals surface area contributed by atoms with E-state index in [4.69, 9.17) is 0 Å². The molecule has 1 aliphatic carbocycles. The van der Waals surface area contributed by atoms with Crippen LogP contribution < -0.4 is 10.6 Å². The second-order valence-corrected chi connectivity index (χ2v) is 7.67. The molecule has 2 aromatic rings. The zero-order valence-electron chi connectivity index (χ0n) is 15.2. The van der Waals surface area contributed by atoms with Crippen molar-refractivity contribution in [2.24, 2.45) is 0 Å². The molecule has 0 spiro atoms. The summed E-state index contributed by atoms with van der Waals surface area (Å²) in [7, 11) is 0. The molecular weight excluding hydrogens is 312 g/mol. The Morgan fingerprint density at radius 1 is 1.08 bits per heavy atom. The maximum Gasteiger partial charge on any atom is 0.274 e. The van der Waals surface area contributed by atoms with Gasteiger partial charge in [-0.15, -0.1) is 0 Å². The van der Waals surface area contributed by atoms with Gasteiger partial charge in [0, 0.05) is 17.9 Å². The average molecular weight is 338 g/mol. The van der Waals surface area contributed by atoms with Gasteiger partial charge in [-0.05, 0) is 42.0 Å². The number of hydrogen-bond acceptors (Lipinski definition) is 4. The van der Waals surface area contributed by atoms with E-state index in [1.165, 1.54) is 18.4 Å². The lowest BCUT2D eigenvalue weighted by atomic mass is 9.87. The van der Waals surface area contributed by atoms with E-state index in [9.17, 15) is 4.79 Å². The molecule has 0 atom stereocenters. The summed E-state index contributed by atoms with van der Waals surface area (Å²) in [6.45, 7) is 6.50. The van der Waals surface area contributed by atoms with Crippen LogP contribution >= 0.6 is 0 Å². The third kappa shape index (κ3) is 4.56. The van der Waals surface area contributed by atoms with Gasteiger partial charge in [-0.25, -0.2) is 9.97 Å². The number of carbonyl (C=O) groups excluding carboxylic acids is 1. The van der Waals surface area contributed by atoms with Crippen LogP contribution in [0.15, 0.2) is 36.5 Å². The van der Waals surface area contributed by atoms with Gasteiger partial charge >= 0.3 is 0 Å². The highest BCUT2D eigenvalue weighted by Crippen LogP contribution is 2.24. The SMILES string of the molecule is CC(C)(C)c1ccc(NC(=O)c2ccnc(NC3CCCC3)n2)cc1. The molecule has 1 aromatic heterocycles. The number of hydrogen-bond donors (Lipinski definition) is 2. The van der Waals surface area contributed by atoms with Crippen LogP contribution in [0, 0.1) is 0 Å². The van der Waals surface area contributed by atoms with E-state index in [0.29, 0.717) is 17.7 Å². The Morgan fingerprint density at radius 2 is 1.76 bits per heavy atom. The predicted octanol–water partition coefficient (Wildman–Crippen LogP) is 4.38. The highest BCUT2D eigenvalue weighted by molar-refractivity contribution is 6.02. The molecule has 0 aliphatic heterocycles. The molecule has 132 valence electrons. The number of amides is 1. The Morgan fingerprint density at radius 3 is 2.40 bits per heavy atom. The van der Waals surface area contributed by atoms with Gasteiger partial charge < -0.3 is 10.6 Å². The molecule has 1 fully saturated rings. The third-order valence-corrected chi connectivity index (χ3v) is 4.59. The van der Waals surface area contributed by atoms with Crippen molar-refractivity contribution in [3.05, 3.63) is 47.8 Å². The lowest BCUT2D eigenvalue weighted by Gasteiger charge is -2.19. The minimum absolute atomic E-state index is 0.0933. The van der Waals surface area contributed by atoms with Gasteiger partial charge in [0.25, 0.3) is 5.91 Å². The first-order valence-corrected chi connectivity index (χ1v) is 8.93. The van der Waals surface area contributed by atoms with Crippen molar-refractivity contribution in [3.8, 4) is 0 Å². The fourth-order valence-electron chi connectivity index (χ4n) is 3.06. The van der Waals surface area contributed by atoms with Crippen LogP contribution in [0.3, 0.4) is 0 Å². The standard InChI is InChI=1S/C20H26N4O/c1-20(2,3)14-8-10-16(11-9-14)22-18(25)17-12-13-21-19(24-17)23-15-6-4-5-7-15/h8-13,15H,4-7H2,1-3H3,(H,22,25)(H,21,23,24). The average Bonchev–Trinajstić information content (AvgIpc) is 3.08. The lowest BCUT2D eigenvalue weighted by molar-refractivity contribution is 0.102. The summed E-state index contributed by atoms with van der Waals surface area (Å²) in [5.74, 6) is 0.308. The number of nitrogens with one attached hydrogen (secondary N) is 2. The summed E-state index contributed by atoms with van der Waals surface area (Å²) in [5.41, 5.74) is 2.46. The second kappa shape index (κ2) is 7.21. The monoisotopic (exact) mass is 338 g/mol. The van der Waals surface area contributed by atoms with Gasteiger partial charge in [-0.1, -0.05) is 45.7 Å². The molecule has 5 heteroatoms. The van der Waals surface area contributed by atoms with Crippen molar-refractivity contribution in [2.45, 2.75) is 57.9 Å². The molecule has 1 amide bonds. The number of nitrogens with zero attached hydrogens (tertiary/aromatic N) is 2. The highest BCUT2D eigenvalue weighted by atomic mass is 16.1. The molecular formula is C20H26N4O. The van der Waals surface area contributed by atoms with E-state index in [1.54, 1.807) is 12.3 Å². The van der Waals surface area contributed by atoms with Gasteiger partial charge in [0.2, 0.25) is 5.95 Å². The minimum atomic E-state index is -0.222. The molecule has 0 saturated heterocycles. The predicted molar refractivity (Wildman–Crippen MR) is 101 cm³/mol. The van der Waals surface area contributed by atoms with E-state index < -0.39 is 0 Å². The Hall–Kier alpha value is -2.43. The van der Waals surface area contributed by atoms with E-state index in [2.05, 4.69) is 41.4 Å². The normalized spacial score (nSPS) is 15.2. The van der Waals surface area contributed by atoms with E-state index in [-0.39, 0.29) is 11.3 Å². The molecule has 0 radical (unpaired) electrons. The van der Waals surface area contributed by atoms with Crippen LogP contribution in [0.2, 0.25) is 0 Å². The highest BCUT2D eigenvalue weighted by Gasteiger charge is 2.17. The Kier molecular flexibility index (Phi) is 5.02. The lowest BCUT2D eigenvalue weighted by Crippen LogP contribution is -2.19. The molecule has 2 N–H and O–H groups in total. The molecule has 0 bridgehead atoms. The first-order chi connectivity index (χ1) is 11.9. The molecule has 5 nitrogen and oxygen atoms in total. The number of anilines is 2.